The molecule has 1 atom stereocenters. The normalized spacial score (nSPS) is 15.7. The molecule has 3 heterocycles. The number of carbonyl (C=O) groups excluding carboxylic acids is 3. The van der Waals surface area contributed by atoms with Crippen LogP contribution < -0.4 is 10.6 Å². The molecule has 0 unspecified atom stereocenters. The Kier molecular flexibility index (Phi) is 7.26. The predicted octanol–water partition coefficient (Wildman–Crippen LogP) is 3.01. The summed E-state index contributed by atoms with van der Waals surface area (Å²) in [6.45, 7) is 1.20. The average molecular weight is 485 g/mol. The van der Waals surface area contributed by atoms with Crippen LogP contribution in [0, 0.1) is 5.92 Å². The van der Waals surface area contributed by atoms with Gasteiger partial charge >= 0.3 is 0 Å². The Morgan fingerprint density at radius 2 is 2.00 bits per heavy atom. The standard InChI is InChI=1S/C22H21ClN6O3S/c23-16-6-1-7-17(10-16)26-19(31)20-27-28-21(33-20)22(32)29-9-3-5-15(13-29)18(30)25-12-14-4-2-8-24-11-14/h1-2,4,6-8,10-11,15H,3,5,9,12-13H2,(H,25,30)(H,26,31)/t15-/m0/s1. The summed E-state index contributed by atoms with van der Waals surface area (Å²) < 4.78 is 0. The number of amides is 3. The summed E-state index contributed by atoms with van der Waals surface area (Å²) in [7, 11) is 0. The number of anilines is 1. The molecule has 1 saturated heterocycles. The monoisotopic (exact) mass is 484 g/mol. The van der Waals surface area contributed by atoms with Crippen molar-refractivity contribution in [2.24, 2.45) is 5.92 Å². The maximum atomic E-state index is 12.9. The van der Waals surface area contributed by atoms with Gasteiger partial charge in [-0.2, -0.15) is 0 Å². The van der Waals surface area contributed by atoms with E-state index < -0.39 is 5.91 Å². The highest BCUT2D eigenvalue weighted by atomic mass is 35.5. The van der Waals surface area contributed by atoms with Crippen LogP contribution in [0.2, 0.25) is 5.02 Å². The molecule has 11 heteroatoms. The van der Waals surface area contributed by atoms with Gasteiger partial charge in [0, 0.05) is 42.7 Å². The fourth-order valence-corrected chi connectivity index (χ4v) is 4.40. The van der Waals surface area contributed by atoms with Gasteiger partial charge in [-0.3, -0.25) is 19.4 Å². The van der Waals surface area contributed by atoms with Crippen LogP contribution in [0.4, 0.5) is 5.69 Å². The molecule has 0 spiro atoms. The number of pyridine rings is 1. The fourth-order valence-electron chi connectivity index (χ4n) is 3.50. The van der Waals surface area contributed by atoms with E-state index in [-0.39, 0.29) is 27.7 Å². The van der Waals surface area contributed by atoms with E-state index in [0.29, 0.717) is 43.2 Å². The molecule has 0 radical (unpaired) electrons. The molecule has 9 nitrogen and oxygen atoms in total. The number of piperidine rings is 1. The SMILES string of the molecule is O=C(Nc1cccc(Cl)c1)c1nnc(C(=O)N2CCC[C@H](C(=O)NCc3cccnc3)C2)s1. The summed E-state index contributed by atoms with van der Waals surface area (Å²) in [6, 6.07) is 10.4. The van der Waals surface area contributed by atoms with Gasteiger partial charge in [-0.1, -0.05) is 35.1 Å². The molecule has 0 aliphatic carbocycles. The molecule has 4 rings (SSSR count). The van der Waals surface area contributed by atoms with Crippen LogP contribution >= 0.6 is 22.9 Å². The lowest BCUT2D eigenvalue weighted by molar-refractivity contribution is -0.126. The van der Waals surface area contributed by atoms with Crippen LogP contribution in [0.3, 0.4) is 0 Å². The highest BCUT2D eigenvalue weighted by Crippen LogP contribution is 2.22. The zero-order chi connectivity index (χ0) is 23.2. The van der Waals surface area contributed by atoms with Gasteiger partial charge in [-0.25, -0.2) is 0 Å². The number of aromatic nitrogens is 3. The van der Waals surface area contributed by atoms with Crippen molar-refractivity contribution in [2.75, 3.05) is 18.4 Å². The molecule has 0 saturated carbocycles. The molecule has 3 amide bonds. The van der Waals surface area contributed by atoms with Crippen molar-refractivity contribution in [2.45, 2.75) is 19.4 Å². The molecule has 170 valence electrons. The van der Waals surface area contributed by atoms with Gasteiger partial charge in [-0.15, -0.1) is 10.2 Å². The third kappa shape index (κ3) is 5.91. The smallest absolute Gasteiger partial charge is 0.286 e. The van der Waals surface area contributed by atoms with E-state index in [1.807, 2.05) is 12.1 Å². The second-order valence-corrected chi connectivity index (χ2v) is 8.96. The van der Waals surface area contributed by atoms with Crippen LogP contribution in [0.1, 0.15) is 38.0 Å². The van der Waals surface area contributed by atoms with Gasteiger partial charge in [0.25, 0.3) is 11.8 Å². The number of likely N-dealkylation sites (tertiary alicyclic amines) is 1. The Bertz CT molecular complexity index is 1160. The highest BCUT2D eigenvalue weighted by molar-refractivity contribution is 7.15. The summed E-state index contributed by atoms with van der Waals surface area (Å²) in [4.78, 5) is 43.6. The summed E-state index contributed by atoms with van der Waals surface area (Å²) in [6.07, 6.45) is 4.78. The number of carbonyl (C=O) groups is 3. The largest absolute Gasteiger partial charge is 0.352 e. The van der Waals surface area contributed by atoms with Crippen LogP contribution in [0.15, 0.2) is 48.8 Å². The molecule has 33 heavy (non-hydrogen) atoms. The van der Waals surface area contributed by atoms with Crippen molar-refractivity contribution in [1.82, 2.24) is 25.4 Å². The molecule has 3 aromatic rings. The van der Waals surface area contributed by atoms with Crippen molar-refractivity contribution in [3.05, 3.63) is 69.4 Å². The lowest BCUT2D eigenvalue weighted by Crippen LogP contribution is -2.45. The van der Waals surface area contributed by atoms with Crippen LogP contribution in [0.25, 0.3) is 0 Å². The Labute approximate surface area is 199 Å². The van der Waals surface area contributed by atoms with E-state index in [1.165, 1.54) is 0 Å². The number of nitrogens with one attached hydrogen (secondary N) is 2. The fraction of sp³-hybridized carbons (Fsp3) is 0.273. The van der Waals surface area contributed by atoms with Crippen molar-refractivity contribution in [3.8, 4) is 0 Å². The number of nitrogens with zero attached hydrogens (tertiary/aromatic N) is 4. The van der Waals surface area contributed by atoms with E-state index in [4.69, 9.17) is 11.6 Å². The lowest BCUT2D eigenvalue weighted by Gasteiger charge is -2.31. The first-order chi connectivity index (χ1) is 16.0. The van der Waals surface area contributed by atoms with Crippen molar-refractivity contribution in [1.29, 1.82) is 0 Å². The van der Waals surface area contributed by atoms with Crippen LogP contribution in [0.5, 0.6) is 0 Å². The number of rotatable bonds is 6. The summed E-state index contributed by atoms with van der Waals surface area (Å²) in [5, 5.41) is 14.0. The second-order valence-electron chi connectivity index (χ2n) is 7.55. The maximum Gasteiger partial charge on any atom is 0.286 e. The molecule has 2 N–H and O–H groups in total. The Morgan fingerprint density at radius 3 is 2.79 bits per heavy atom. The number of hydrogen-bond donors (Lipinski definition) is 2. The molecule has 0 bridgehead atoms. The summed E-state index contributed by atoms with van der Waals surface area (Å²) >= 11 is 6.85. The van der Waals surface area contributed by atoms with E-state index >= 15 is 0 Å². The first-order valence-corrected chi connectivity index (χ1v) is 11.6. The van der Waals surface area contributed by atoms with Gasteiger partial charge in [0.05, 0.1) is 5.92 Å². The minimum absolute atomic E-state index is 0.0705. The zero-order valence-corrected chi connectivity index (χ0v) is 19.1. The van der Waals surface area contributed by atoms with Crippen LogP contribution in [-0.2, 0) is 11.3 Å². The van der Waals surface area contributed by atoms with Crippen molar-refractivity contribution in [3.63, 3.8) is 0 Å². The van der Waals surface area contributed by atoms with E-state index in [0.717, 1.165) is 16.9 Å². The topological polar surface area (TPSA) is 117 Å². The van der Waals surface area contributed by atoms with Crippen molar-refractivity contribution >= 4 is 46.3 Å². The summed E-state index contributed by atoms with van der Waals surface area (Å²) in [5.41, 5.74) is 1.43. The Hall–Kier alpha value is -3.37. The molecule has 1 aliphatic heterocycles. The molecule has 1 aromatic carbocycles. The quantitative estimate of drug-likeness (QED) is 0.555. The highest BCUT2D eigenvalue weighted by Gasteiger charge is 2.30. The minimum Gasteiger partial charge on any atom is -0.352 e. The molecular formula is C22H21ClN6O3S. The van der Waals surface area contributed by atoms with Gasteiger partial charge in [0.2, 0.25) is 15.9 Å². The second kappa shape index (κ2) is 10.5. The number of benzene rings is 1. The van der Waals surface area contributed by atoms with E-state index in [9.17, 15) is 14.4 Å². The van der Waals surface area contributed by atoms with Gasteiger partial charge in [0.1, 0.15) is 0 Å². The maximum absolute atomic E-state index is 12.9. The predicted molar refractivity (Wildman–Crippen MR) is 124 cm³/mol. The van der Waals surface area contributed by atoms with Gasteiger partial charge in [-0.05, 0) is 42.7 Å². The third-order valence-corrected chi connectivity index (χ3v) is 6.30. The third-order valence-electron chi connectivity index (χ3n) is 5.15. The molecule has 2 aromatic heterocycles. The van der Waals surface area contributed by atoms with Gasteiger partial charge in [0.15, 0.2) is 0 Å². The molecule has 1 fully saturated rings. The first kappa shape index (κ1) is 22.8. The van der Waals surface area contributed by atoms with Crippen LogP contribution in [-0.4, -0.2) is 50.9 Å². The lowest BCUT2D eigenvalue weighted by atomic mass is 9.97. The minimum atomic E-state index is -0.472. The Morgan fingerprint density at radius 1 is 1.15 bits per heavy atom. The summed E-state index contributed by atoms with van der Waals surface area (Å²) in [5.74, 6) is -1.22. The van der Waals surface area contributed by atoms with E-state index in [2.05, 4.69) is 25.8 Å². The van der Waals surface area contributed by atoms with Crippen molar-refractivity contribution < 1.29 is 14.4 Å². The van der Waals surface area contributed by atoms with E-state index in [1.54, 1.807) is 41.6 Å². The average Bonchev–Trinajstić information content (AvgIpc) is 3.33. The zero-order valence-electron chi connectivity index (χ0n) is 17.5. The first-order valence-electron chi connectivity index (χ1n) is 10.4. The molecular weight excluding hydrogens is 464 g/mol. The Balaban J connectivity index is 1.34. The number of halogens is 1. The number of hydrogen-bond acceptors (Lipinski definition) is 7. The van der Waals surface area contributed by atoms with Gasteiger partial charge < -0.3 is 15.5 Å². The molecule has 1 aliphatic rings.